The second-order valence-electron chi connectivity index (χ2n) is 5.26. The highest BCUT2D eigenvalue weighted by atomic mass is 15.1. The van der Waals surface area contributed by atoms with E-state index >= 15 is 0 Å². The molecular weight excluding hydrogens is 246 g/mol. The Hall–Kier alpha value is -1.19. The molecule has 0 aromatic carbocycles. The molecule has 3 heteroatoms. The summed E-state index contributed by atoms with van der Waals surface area (Å²) in [5, 5.41) is 3.43. The van der Waals surface area contributed by atoms with Crippen molar-refractivity contribution in [2.24, 2.45) is 16.6 Å². The van der Waals surface area contributed by atoms with Crippen molar-refractivity contribution >= 4 is 5.71 Å². The Morgan fingerprint density at radius 3 is 2.90 bits per heavy atom. The van der Waals surface area contributed by atoms with Crippen molar-refractivity contribution in [1.29, 1.82) is 0 Å². The van der Waals surface area contributed by atoms with Crippen LogP contribution in [0.1, 0.15) is 40.0 Å². The van der Waals surface area contributed by atoms with E-state index in [-0.39, 0.29) is 0 Å². The Morgan fingerprint density at radius 2 is 2.30 bits per heavy atom. The predicted octanol–water partition coefficient (Wildman–Crippen LogP) is 3.20. The maximum Gasteiger partial charge on any atom is 0.106 e. The van der Waals surface area contributed by atoms with Gasteiger partial charge in [-0.1, -0.05) is 29.9 Å². The molecule has 3 nitrogen and oxygen atoms in total. The minimum atomic E-state index is 0.334. The fourth-order valence-corrected chi connectivity index (χ4v) is 2.35. The van der Waals surface area contributed by atoms with E-state index in [2.05, 4.69) is 41.5 Å². The van der Waals surface area contributed by atoms with Crippen molar-refractivity contribution in [2.75, 3.05) is 13.1 Å². The molecule has 2 unspecified atom stereocenters. The third kappa shape index (κ3) is 5.85. The number of allylic oxidation sites excluding steroid dienone is 5. The molecule has 1 fully saturated rings. The second-order valence-corrected chi connectivity index (χ2v) is 5.26. The average Bonchev–Trinajstić information content (AvgIpc) is 2.48. The molecule has 2 rings (SSSR count). The molecule has 3 N–H and O–H groups in total. The first kappa shape index (κ1) is 16.9. The molecule has 20 heavy (non-hydrogen) atoms. The summed E-state index contributed by atoms with van der Waals surface area (Å²) in [6, 6.07) is 0. The summed E-state index contributed by atoms with van der Waals surface area (Å²) in [5.74, 6) is 0.621. The number of aliphatic imine (C=N–C) groups is 1. The zero-order valence-corrected chi connectivity index (χ0v) is 13.1. The highest BCUT2D eigenvalue weighted by Crippen LogP contribution is 2.22. The van der Waals surface area contributed by atoms with E-state index < -0.39 is 0 Å². The van der Waals surface area contributed by atoms with Crippen LogP contribution in [0.3, 0.4) is 0 Å². The van der Waals surface area contributed by atoms with Crippen LogP contribution in [0.5, 0.6) is 0 Å². The summed E-state index contributed by atoms with van der Waals surface area (Å²) in [6.07, 6.45) is 14.4. The van der Waals surface area contributed by atoms with Crippen LogP contribution in [0.2, 0.25) is 0 Å². The molecule has 0 aromatic rings. The number of hydrogen-bond donors (Lipinski definition) is 2. The molecule has 0 radical (unpaired) electrons. The molecule has 2 aliphatic rings. The molecule has 1 saturated heterocycles. The van der Waals surface area contributed by atoms with Gasteiger partial charge in [0.15, 0.2) is 0 Å². The van der Waals surface area contributed by atoms with E-state index in [1.54, 1.807) is 0 Å². The molecule has 0 spiro atoms. The van der Waals surface area contributed by atoms with Gasteiger partial charge in [-0.15, -0.1) is 0 Å². The monoisotopic (exact) mass is 275 g/mol. The summed E-state index contributed by atoms with van der Waals surface area (Å²) >= 11 is 0. The van der Waals surface area contributed by atoms with Crippen molar-refractivity contribution in [2.45, 2.75) is 46.2 Å². The minimum absolute atomic E-state index is 0.334. The quantitative estimate of drug-likeness (QED) is 0.777. The average molecular weight is 275 g/mol. The SMILES string of the molecule is C/C=C\C(C)=C/C.NCCC1=NC2NCCCC2C=C1. The summed E-state index contributed by atoms with van der Waals surface area (Å²) in [6.45, 7) is 7.94. The van der Waals surface area contributed by atoms with Gasteiger partial charge in [-0.3, -0.25) is 10.3 Å². The smallest absolute Gasteiger partial charge is 0.106 e. The van der Waals surface area contributed by atoms with Crippen molar-refractivity contribution in [1.82, 2.24) is 5.32 Å². The number of nitrogens with two attached hydrogens (primary N) is 1. The number of rotatable bonds is 3. The summed E-state index contributed by atoms with van der Waals surface area (Å²) in [4.78, 5) is 4.63. The second kappa shape index (κ2) is 9.67. The number of fused-ring (bicyclic) bond motifs is 1. The van der Waals surface area contributed by atoms with Crippen LogP contribution in [0.4, 0.5) is 0 Å². The van der Waals surface area contributed by atoms with Crippen LogP contribution < -0.4 is 11.1 Å². The molecular formula is C17H29N3. The molecule has 2 atom stereocenters. The number of piperidine rings is 1. The van der Waals surface area contributed by atoms with Gasteiger partial charge >= 0.3 is 0 Å². The molecule has 0 amide bonds. The minimum Gasteiger partial charge on any atom is -0.330 e. The van der Waals surface area contributed by atoms with Crippen molar-refractivity contribution in [3.8, 4) is 0 Å². The van der Waals surface area contributed by atoms with Crippen LogP contribution in [0.15, 0.2) is 40.9 Å². The molecule has 0 saturated carbocycles. The lowest BCUT2D eigenvalue weighted by molar-refractivity contribution is 0.334. The van der Waals surface area contributed by atoms with E-state index in [0.29, 0.717) is 18.6 Å². The van der Waals surface area contributed by atoms with Gasteiger partial charge in [-0.05, 0) is 52.8 Å². The summed E-state index contributed by atoms with van der Waals surface area (Å²) in [7, 11) is 0. The summed E-state index contributed by atoms with van der Waals surface area (Å²) in [5.41, 5.74) is 7.97. The largest absolute Gasteiger partial charge is 0.330 e. The fourth-order valence-electron chi connectivity index (χ4n) is 2.35. The summed E-state index contributed by atoms with van der Waals surface area (Å²) < 4.78 is 0. The van der Waals surface area contributed by atoms with Crippen LogP contribution in [-0.4, -0.2) is 25.0 Å². The van der Waals surface area contributed by atoms with Crippen LogP contribution >= 0.6 is 0 Å². The number of hydrogen-bond acceptors (Lipinski definition) is 3. The molecule has 0 bridgehead atoms. The van der Waals surface area contributed by atoms with Crippen LogP contribution in [0.25, 0.3) is 0 Å². The topological polar surface area (TPSA) is 50.4 Å². The first-order valence-electron chi connectivity index (χ1n) is 7.65. The van der Waals surface area contributed by atoms with Crippen molar-refractivity contribution < 1.29 is 0 Å². The van der Waals surface area contributed by atoms with Crippen LogP contribution in [-0.2, 0) is 0 Å². The molecule has 112 valence electrons. The molecule has 0 aliphatic carbocycles. The lowest BCUT2D eigenvalue weighted by Crippen LogP contribution is -2.41. The van der Waals surface area contributed by atoms with Gasteiger partial charge in [-0.25, -0.2) is 0 Å². The Kier molecular flexibility index (Phi) is 8.16. The Balaban J connectivity index is 0.000000246. The first-order valence-corrected chi connectivity index (χ1v) is 7.65. The van der Waals surface area contributed by atoms with Gasteiger partial charge in [0.05, 0.1) is 0 Å². The Labute approximate surface area is 123 Å². The zero-order valence-electron chi connectivity index (χ0n) is 13.1. The van der Waals surface area contributed by atoms with Crippen molar-refractivity contribution in [3.63, 3.8) is 0 Å². The maximum atomic E-state index is 5.49. The van der Waals surface area contributed by atoms with Gasteiger partial charge in [0.2, 0.25) is 0 Å². The highest BCUT2D eigenvalue weighted by Gasteiger charge is 2.24. The number of nitrogens with zero attached hydrogens (tertiary/aromatic N) is 1. The molecule has 0 aromatic heterocycles. The van der Waals surface area contributed by atoms with E-state index in [9.17, 15) is 0 Å². The van der Waals surface area contributed by atoms with Gasteiger partial charge in [0, 0.05) is 18.1 Å². The van der Waals surface area contributed by atoms with Crippen molar-refractivity contribution in [3.05, 3.63) is 36.0 Å². The van der Waals surface area contributed by atoms with Gasteiger partial charge in [0.1, 0.15) is 6.17 Å². The Bertz CT molecular complexity index is 391. The van der Waals surface area contributed by atoms with E-state index in [1.165, 1.54) is 18.4 Å². The third-order valence-electron chi connectivity index (χ3n) is 3.60. The van der Waals surface area contributed by atoms with Crippen LogP contribution in [0, 0.1) is 5.92 Å². The third-order valence-corrected chi connectivity index (χ3v) is 3.60. The van der Waals surface area contributed by atoms with Gasteiger partial charge in [0.25, 0.3) is 0 Å². The molecule has 2 aliphatic heterocycles. The maximum absolute atomic E-state index is 5.49. The first-order chi connectivity index (χ1) is 9.71. The standard InChI is InChI=1S/C10H17N3.C7H12/c11-6-5-9-4-3-8-2-1-7-12-10(8)13-9;1-4-6-7(3)5-2/h3-4,8,10,12H,1-2,5-7,11H2;4-6H,1-3H3/b;6-4-,7-5-. The lowest BCUT2D eigenvalue weighted by atomic mass is 9.93. The predicted molar refractivity (Wildman–Crippen MR) is 89.0 cm³/mol. The zero-order chi connectivity index (χ0) is 14.8. The van der Waals surface area contributed by atoms with E-state index in [1.807, 2.05) is 19.9 Å². The van der Waals surface area contributed by atoms with Gasteiger partial charge < -0.3 is 5.73 Å². The van der Waals surface area contributed by atoms with E-state index in [0.717, 1.165) is 18.7 Å². The lowest BCUT2D eigenvalue weighted by Gasteiger charge is -2.30. The van der Waals surface area contributed by atoms with Gasteiger partial charge in [-0.2, -0.15) is 0 Å². The normalized spacial score (nSPS) is 25.8. The number of nitrogens with one attached hydrogen (secondary N) is 1. The highest BCUT2D eigenvalue weighted by molar-refractivity contribution is 5.95. The van der Waals surface area contributed by atoms with E-state index in [4.69, 9.17) is 5.73 Å². The Morgan fingerprint density at radius 1 is 1.50 bits per heavy atom. The number of dihydropyridines is 1. The fraction of sp³-hybridized carbons (Fsp3) is 0.588. The molecule has 2 heterocycles.